The molecule has 2 N–H and O–H groups in total. The molecule has 0 spiro atoms. The van der Waals surface area contributed by atoms with Gasteiger partial charge in [-0.2, -0.15) is 0 Å². The standard InChI is InChI=1S/C18H19FN4O2/c1-4-25-18(24)13-9-21-17-14(11-6-5-7-12(19)8-11)16(20)22-23(17)15(13)10(2)3/h5-10H,4H2,1-3H3,(H2,20,22). The minimum atomic E-state index is -0.457. The van der Waals surface area contributed by atoms with Crippen molar-refractivity contribution in [2.45, 2.75) is 26.7 Å². The third-order valence-corrected chi connectivity index (χ3v) is 3.86. The molecule has 0 atom stereocenters. The van der Waals surface area contributed by atoms with Crippen LogP contribution in [0.2, 0.25) is 0 Å². The quantitative estimate of drug-likeness (QED) is 0.735. The molecule has 6 nitrogen and oxygen atoms in total. The van der Waals surface area contributed by atoms with Crippen molar-refractivity contribution in [1.29, 1.82) is 0 Å². The molecule has 0 unspecified atom stereocenters. The van der Waals surface area contributed by atoms with Crippen LogP contribution in [0, 0.1) is 5.82 Å². The van der Waals surface area contributed by atoms with Crippen LogP contribution in [0.5, 0.6) is 0 Å². The first kappa shape index (κ1) is 16.9. The highest BCUT2D eigenvalue weighted by Crippen LogP contribution is 2.32. The van der Waals surface area contributed by atoms with Crippen molar-refractivity contribution in [2.75, 3.05) is 12.3 Å². The van der Waals surface area contributed by atoms with Gasteiger partial charge in [0.1, 0.15) is 5.82 Å². The predicted molar refractivity (Wildman–Crippen MR) is 92.8 cm³/mol. The van der Waals surface area contributed by atoms with E-state index < -0.39 is 5.97 Å². The van der Waals surface area contributed by atoms with E-state index in [0.717, 1.165) is 0 Å². The van der Waals surface area contributed by atoms with Crippen LogP contribution in [0.15, 0.2) is 30.5 Å². The van der Waals surface area contributed by atoms with Gasteiger partial charge in [0.25, 0.3) is 0 Å². The Bertz CT molecular complexity index is 950. The summed E-state index contributed by atoms with van der Waals surface area (Å²) in [6.45, 7) is 5.89. The second-order valence-corrected chi connectivity index (χ2v) is 5.94. The lowest BCUT2D eigenvalue weighted by Gasteiger charge is -2.13. The summed E-state index contributed by atoms with van der Waals surface area (Å²) >= 11 is 0. The van der Waals surface area contributed by atoms with Crippen LogP contribution in [0.3, 0.4) is 0 Å². The number of nitrogens with two attached hydrogens (primary N) is 1. The third kappa shape index (κ3) is 2.93. The number of nitrogen functional groups attached to an aromatic ring is 1. The van der Waals surface area contributed by atoms with Crippen LogP contribution in [-0.4, -0.2) is 27.2 Å². The van der Waals surface area contributed by atoms with Crippen LogP contribution in [0.1, 0.15) is 42.7 Å². The molecule has 2 heterocycles. The summed E-state index contributed by atoms with van der Waals surface area (Å²) in [7, 11) is 0. The van der Waals surface area contributed by atoms with Crippen LogP contribution in [0.25, 0.3) is 16.8 Å². The zero-order chi connectivity index (χ0) is 18.1. The van der Waals surface area contributed by atoms with Crippen molar-refractivity contribution >= 4 is 17.4 Å². The molecule has 0 aliphatic carbocycles. The van der Waals surface area contributed by atoms with E-state index in [2.05, 4.69) is 10.1 Å². The van der Waals surface area contributed by atoms with Gasteiger partial charge in [-0.3, -0.25) is 0 Å². The zero-order valence-corrected chi connectivity index (χ0v) is 14.3. The lowest BCUT2D eigenvalue weighted by atomic mass is 10.0. The number of rotatable bonds is 4. The molecular formula is C18H19FN4O2. The molecule has 3 rings (SSSR count). The fourth-order valence-electron chi connectivity index (χ4n) is 2.86. The van der Waals surface area contributed by atoms with Gasteiger partial charge in [0.2, 0.25) is 0 Å². The van der Waals surface area contributed by atoms with E-state index in [1.807, 2.05) is 13.8 Å². The molecule has 0 aliphatic rings. The summed E-state index contributed by atoms with van der Waals surface area (Å²) in [5.74, 6) is -0.629. The van der Waals surface area contributed by atoms with Gasteiger partial charge in [-0.05, 0) is 30.5 Å². The number of nitrogens with zero attached hydrogens (tertiary/aromatic N) is 3. The number of aromatic nitrogens is 3. The van der Waals surface area contributed by atoms with Gasteiger partial charge in [-0.25, -0.2) is 18.7 Å². The molecule has 3 aromatic rings. The maximum atomic E-state index is 13.6. The average Bonchev–Trinajstić information content (AvgIpc) is 2.89. The molecule has 25 heavy (non-hydrogen) atoms. The summed E-state index contributed by atoms with van der Waals surface area (Å²) in [4.78, 5) is 16.6. The fraction of sp³-hybridized carbons (Fsp3) is 0.278. The van der Waals surface area contributed by atoms with Gasteiger partial charge >= 0.3 is 5.97 Å². The molecule has 0 fully saturated rings. The highest BCUT2D eigenvalue weighted by molar-refractivity contribution is 5.92. The van der Waals surface area contributed by atoms with E-state index in [9.17, 15) is 9.18 Å². The maximum absolute atomic E-state index is 13.6. The summed E-state index contributed by atoms with van der Waals surface area (Å²) in [6, 6.07) is 6.08. The van der Waals surface area contributed by atoms with Crippen molar-refractivity contribution < 1.29 is 13.9 Å². The molecule has 7 heteroatoms. The molecule has 1 aromatic carbocycles. The largest absolute Gasteiger partial charge is 0.462 e. The molecular weight excluding hydrogens is 323 g/mol. The Labute approximate surface area is 144 Å². The number of carbonyl (C=O) groups is 1. The van der Waals surface area contributed by atoms with Gasteiger partial charge in [0, 0.05) is 6.20 Å². The average molecular weight is 342 g/mol. The lowest BCUT2D eigenvalue weighted by Crippen LogP contribution is -2.14. The van der Waals surface area contributed by atoms with Crippen LogP contribution < -0.4 is 5.73 Å². The van der Waals surface area contributed by atoms with Gasteiger partial charge in [0.15, 0.2) is 11.5 Å². The number of anilines is 1. The first-order valence-electron chi connectivity index (χ1n) is 8.04. The van der Waals surface area contributed by atoms with Crippen molar-refractivity contribution in [3.8, 4) is 11.1 Å². The molecule has 0 bridgehead atoms. The molecule has 0 radical (unpaired) electrons. The molecule has 2 aromatic heterocycles. The first-order valence-corrected chi connectivity index (χ1v) is 8.04. The Kier molecular flexibility index (Phi) is 4.39. The number of hydrogen-bond acceptors (Lipinski definition) is 5. The van der Waals surface area contributed by atoms with Crippen LogP contribution >= 0.6 is 0 Å². The second-order valence-electron chi connectivity index (χ2n) is 5.94. The molecule has 0 amide bonds. The Morgan fingerprint density at radius 1 is 1.40 bits per heavy atom. The Morgan fingerprint density at radius 3 is 2.80 bits per heavy atom. The highest BCUT2D eigenvalue weighted by atomic mass is 19.1. The van der Waals surface area contributed by atoms with Crippen LogP contribution in [-0.2, 0) is 4.74 Å². The van der Waals surface area contributed by atoms with Crippen molar-refractivity contribution in [3.05, 3.63) is 47.5 Å². The second kappa shape index (κ2) is 6.51. The lowest BCUT2D eigenvalue weighted by molar-refractivity contribution is 0.0523. The number of benzene rings is 1. The summed E-state index contributed by atoms with van der Waals surface area (Å²) < 4.78 is 20.3. The molecule has 0 saturated carbocycles. The number of hydrogen-bond donors (Lipinski definition) is 1. The number of carbonyl (C=O) groups excluding carboxylic acids is 1. The Balaban J connectivity index is 2.29. The molecule has 0 saturated heterocycles. The topological polar surface area (TPSA) is 82.5 Å². The van der Waals surface area contributed by atoms with Crippen LogP contribution in [0.4, 0.5) is 10.2 Å². The summed E-state index contributed by atoms with van der Waals surface area (Å²) in [5.41, 5.74) is 8.67. The van der Waals surface area contributed by atoms with E-state index in [0.29, 0.717) is 28.0 Å². The monoisotopic (exact) mass is 342 g/mol. The van der Waals surface area contributed by atoms with Crippen molar-refractivity contribution in [3.63, 3.8) is 0 Å². The molecule has 0 aliphatic heterocycles. The van der Waals surface area contributed by atoms with E-state index in [-0.39, 0.29) is 24.2 Å². The Morgan fingerprint density at radius 2 is 2.16 bits per heavy atom. The minimum Gasteiger partial charge on any atom is -0.462 e. The van der Waals surface area contributed by atoms with Gasteiger partial charge < -0.3 is 10.5 Å². The number of ether oxygens (including phenoxy) is 1. The number of fused-ring (bicyclic) bond motifs is 1. The summed E-state index contributed by atoms with van der Waals surface area (Å²) in [6.07, 6.45) is 1.46. The van der Waals surface area contributed by atoms with E-state index >= 15 is 0 Å². The number of halogens is 1. The third-order valence-electron chi connectivity index (χ3n) is 3.86. The Hall–Kier alpha value is -2.96. The molecule has 130 valence electrons. The van der Waals surface area contributed by atoms with Gasteiger partial charge in [-0.15, -0.1) is 5.10 Å². The predicted octanol–water partition coefficient (Wildman–Crippen LogP) is 3.42. The highest BCUT2D eigenvalue weighted by Gasteiger charge is 2.23. The van der Waals surface area contributed by atoms with E-state index in [1.54, 1.807) is 23.6 Å². The van der Waals surface area contributed by atoms with E-state index in [1.165, 1.54) is 18.3 Å². The minimum absolute atomic E-state index is 0.0236. The smallest absolute Gasteiger partial charge is 0.341 e. The van der Waals surface area contributed by atoms with Gasteiger partial charge in [0.05, 0.1) is 23.4 Å². The van der Waals surface area contributed by atoms with Gasteiger partial charge in [-0.1, -0.05) is 26.0 Å². The fourth-order valence-corrected chi connectivity index (χ4v) is 2.86. The number of esters is 1. The SMILES string of the molecule is CCOC(=O)c1cnc2c(-c3cccc(F)c3)c(N)nn2c1C(C)C. The maximum Gasteiger partial charge on any atom is 0.341 e. The first-order chi connectivity index (χ1) is 11.9. The van der Waals surface area contributed by atoms with Crippen molar-refractivity contribution in [1.82, 2.24) is 14.6 Å². The normalized spacial score (nSPS) is 11.2. The summed E-state index contributed by atoms with van der Waals surface area (Å²) in [5, 5.41) is 4.35. The zero-order valence-electron chi connectivity index (χ0n) is 14.3. The van der Waals surface area contributed by atoms with Crippen molar-refractivity contribution in [2.24, 2.45) is 0 Å². The van der Waals surface area contributed by atoms with E-state index in [4.69, 9.17) is 10.5 Å².